The van der Waals surface area contributed by atoms with Crippen LogP contribution in [0.15, 0.2) is 224 Å². The van der Waals surface area contributed by atoms with Crippen LogP contribution in [-0.2, 0) is 56.8 Å². The van der Waals surface area contributed by atoms with Gasteiger partial charge in [-0.15, -0.1) is 0 Å². The lowest BCUT2D eigenvalue weighted by atomic mass is 9.65. The molecule has 2 aliphatic heterocycles. The third kappa shape index (κ3) is 14.9. The van der Waals surface area contributed by atoms with E-state index in [0.717, 1.165) is 106 Å². The summed E-state index contributed by atoms with van der Waals surface area (Å²) >= 11 is 0. The van der Waals surface area contributed by atoms with E-state index in [0.29, 0.717) is 13.2 Å². The topological polar surface area (TPSA) is 43.4 Å². The Labute approximate surface area is 597 Å². The van der Waals surface area contributed by atoms with E-state index < -0.39 is 0 Å². The number of unbranched alkanes of at least 4 members (excludes halogenated alkanes) is 7. The number of rotatable bonds is 33. The summed E-state index contributed by atoms with van der Waals surface area (Å²) in [5.74, 6) is 0. The maximum Gasteiger partial charge on any atom is 0.0717 e. The second-order valence-electron chi connectivity index (χ2n) is 29.7. The SMILES string of the molecule is CCCCCCCCC12CCCc3c(-c4ccc(N(c5ccc(CCCC)cc5)c5ccc(-c6ccc(COCC7(CC)COC7)cc6)cc5)cc4)ccc(c31)-c1ccc(-c3ccc(N(c4ccc(CCCC)cc4)c4ccc(-c5ccc(COCC6(CC)COC6)cc5)cc4)cc3)cc12. The second-order valence-corrected chi connectivity index (χ2v) is 29.7. The number of benzene rings is 10. The van der Waals surface area contributed by atoms with Gasteiger partial charge >= 0.3 is 0 Å². The molecule has 0 amide bonds. The zero-order valence-electron chi connectivity index (χ0n) is 60.3. The van der Waals surface area contributed by atoms with E-state index in [9.17, 15) is 0 Å². The van der Waals surface area contributed by atoms with Crippen molar-refractivity contribution in [1.29, 1.82) is 0 Å². The summed E-state index contributed by atoms with van der Waals surface area (Å²) < 4.78 is 23.5. The van der Waals surface area contributed by atoms with Crippen molar-refractivity contribution in [3.63, 3.8) is 0 Å². The molecule has 0 bridgehead atoms. The van der Waals surface area contributed by atoms with Crippen LogP contribution in [0.2, 0.25) is 0 Å². The molecule has 1 atom stereocenters. The number of hydrogen-bond acceptors (Lipinski definition) is 6. The van der Waals surface area contributed by atoms with Crippen LogP contribution in [0.25, 0.3) is 55.6 Å². The lowest BCUT2D eigenvalue weighted by molar-refractivity contribution is -0.152. The van der Waals surface area contributed by atoms with Crippen LogP contribution in [-0.4, -0.2) is 39.6 Å². The van der Waals surface area contributed by atoms with Crippen molar-refractivity contribution in [1.82, 2.24) is 0 Å². The van der Waals surface area contributed by atoms with Crippen molar-refractivity contribution in [2.24, 2.45) is 10.8 Å². The van der Waals surface area contributed by atoms with Crippen molar-refractivity contribution >= 4 is 34.1 Å². The normalized spacial score (nSPS) is 16.1. The maximum atomic E-state index is 6.21. The van der Waals surface area contributed by atoms with Crippen molar-refractivity contribution in [2.45, 2.75) is 169 Å². The van der Waals surface area contributed by atoms with Gasteiger partial charge in [0.25, 0.3) is 0 Å². The van der Waals surface area contributed by atoms with Crippen molar-refractivity contribution in [2.75, 3.05) is 49.4 Å². The maximum absolute atomic E-state index is 6.21. The Morgan fingerprint density at radius 3 is 1.13 bits per heavy atom. The Morgan fingerprint density at radius 1 is 0.350 bits per heavy atom. The number of ether oxygens (including phenoxy) is 4. The number of fused-ring (bicyclic) bond motifs is 3. The first-order chi connectivity index (χ1) is 49.2. The Morgan fingerprint density at radius 2 is 0.710 bits per heavy atom. The van der Waals surface area contributed by atoms with Crippen LogP contribution in [0.4, 0.5) is 34.1 Å². The number of nitrogens with zero attached hydrogens (tertiary/aromatic N) is 2. The highest BCUT2D eigenvalue weighted by Gasteiger charge is 2.47. The van der Waals surface area contributed by atoms with Gasteiger partial charge in [-0.3, -0.25) is 0 Å². The minimum atomic E-state index is -0.0344. The molecule has 0 saturated carbocycles. The highest BCUT2D eigenvalue weighted by atomic mass is 16.5. The monoisotopic (exact) mass is 1320 g/mol. The van der Waals surface area contributed by atoms with Gasteiger partial charge in [-0.05, 0) is 238 Å². The highest BCUT2D eigenvalue weighted by Crippen LogP contribution is 2.60. The van der Waals surface area contributed by atoms with Gasteiger partial charge in [-0.2, -0.15) is 0 Å². The first-order valence-electron chi connectivity index (χ1n) is 38.2. The van der Waals surface area contributed by atoms with Crippen LogP contribution in [0.3, 0.4) is 0 Å². The summed E-state index contributed by atoms with van der Waals surface area (Å²) in [5.41, 5.74) is 30.0. The second kappa shape index (κ2) is 31.7. The fourth-order valence-corrected chi connectivity index (χ4v) is 16.3. The minimum absolute atomic E-state index is 0.0344. The summed E-state index contributed by atoms with van der Waals surface area (Å²) in [6.07, 6.45) is 21.5. The first-order valence-corrected chi connectivity index (χ1v) is 38.2. The lowest BCUT2D eigenvalue weighted by Crippen LogP contribution is -2.45. The largest absolute Gasteiger partial charge is 0.380 e. The Hall–Kier alpha value is -8.36. The van der Waals surface area contributed by atoms with Gasteiger partial charge in [0, 0.05) is 50.4 Å². The van der Waals surface area contributed by atoms with E-state index in [1.807, 2.05) is 0 Å². The average Bonchev–Trinajstić information content (AvgIpc) is 1.54. The Kier molecular flexibility index (Phi) is 21.8. The summed E-state index contributed by atoms with van der Waals surface area (Å²) in [7, 11) is 0. The molecule has 0 spiro atoms. The average molecular weight is 1330 g/mol. The molecule has 6 heteroatoms. The van der Waals surface area contributed by atoms with E-state index in [4.69, 9.17) is 18.9 Å². The lowest BCUT2D eigenvalue weighted by Gasteiger charge is -2.40. The van der Waals surface area contributed by atoms with E-state index in [-0.39, 0.29) is 16.2 Å². The smallest absolute Gasteiger partial charge is 0.0717 e. The van der Waals surface area contributed by atoms with E-state index >= 15 is 0 Å². The van der Waals surface area contributed by atoms with Gasteiger partial charge in [-0.25, -0.2) is 0 Å². The van der Waals surface area contributed by atoms with Crippen LogP contribution in [0.5, 0.6) is 0 Å². The molecule has 0 aromatic heterocycles. The van der Waals surface area contributed by atoms with Gasteiger partial charge in [0.05, 0.1) is 52.9 Å². The zero-order valence-corrected chi connectivity index (χ0v) is 60.3. The summed E-state index contributed by atoms with van der Waals surface area (Å²) in [6, 6.07) is 86.0. The molecule has 4 aliphatic rings. The van der Waals surface area contributed by atoms with Crippen molar-refractivity contribution in [3.05, 3.63) is 263 Å². The van der Waals surface area contributed by atoms with Gasteiger partial charge < -0.3 is 28.7 Å². The van der Waals surface area contributed by atoms with Crippen LogP contribution in [0.1, 0.15) is 170 Å². The number of hydrogen-bond donors (Lipinski definition) is 0. The molecule has 14 rings (SSSR count). The molecular formula is C94H104N2O4. The number of aryl methyl sites for hydroxylation is 2. The molecule has 2 saturated heterocycles. The predicted octanol–water partition coefficient (Wildman–Crippen LogP) is 25.2. The Bertz CT molecular complexity index is 4270. The van der Waals surface area contributed by atoms with Crippen molar-refractivity contribution < 1.29 is 18.9 Å². The standard InChI is InChI=1S/C94H104N2O4/c1-6-11-14-15-16-17-58-94-59-18-21-88-86(78-40-53-85(54-41-78)96(81-45-28-70(29-46-81)20-13-8-3)83-49-36-76(37-50-83)74-32-24-72(25-33-74)62-98-64-93(10-5)67-100-68-93)56-57-89(91(88)94)87-55-42-79(60-90(87)94)77-38-51-84(52-39-77)95(80-43-26-69(27-44-80)19-12-7-2)82-47-34-75(35-48-82)73-30-22-71(23-31-73)61-97-63-92(9-4)65-99-66-92/h22-57,60H,6-21,58-59,61-68H2,1-5H3. The van der Waals surface area contributed by atoms with Crippen molar-refractivity contribution in [3.8, 4) is 55.6 Å². The zero-order chi connectivity index (χ0) is 68.3. The molecule has 514 valence electrons. The summed E-state index contributed by atoms with van der Waals surface area (Å²) in [5, 5.41) is 0. The molecule has 0 N–H and O–H groups in total. The third-order valence-electron chi connectivity index (χ3n) is 22.8. The Balaban J connectivity index is 0.735. The van der Waals surface area contributed by atoms with Gasteiger partial charge in [0.15, 0.2) is 0 Å². The van der Waals surface area contributed by atoms with Gasteiger partial charge in [0.2, 0.25) is 0 Å². The van der Waals surface area contributed by atoms with Crippen LogP contribution in [0, 0.1) is 10.8 Å². The quantitative estimate of drug-likeness (QED) is 0.0382. The third-order valence-corrected chi connectivity index (χ3v) is 22.8. The fraction of sp³-hybridized carbons (Fsp3) is 0.362. The molecule has 0 radical (unpaired) electrons. The molecule has 100 heavy (non-hydrogen) atoms. The molecule has 2 aliphatic carbocycles. The summed E-state index contributed by atoms with van der Waals surface area (Å²) in [6.45, 7) is 17.3. The predicted molar refractivity (Wildman–Crippen MR) is 418 cm³/mol. The van der Waals surface area contributed by atoms with Crippen LogP contribution < -0.4 is 9.80 Å². The molecular weight excluding hydrogens is 1220 g/mol. The van der Waals surface area contributed by atoms with Gasteiger partial charge in [0.1, 0.15) is 0 Å². The minimum Gasteiger partial charge on any atom is -0.380 e. The molecule has 1 unspecified atom stereocenters. The fourth-order valence-electron chi connectivity index (χ4n) is 16.3. The van der Waals surface area contributed by atoms with Gasteiger partial charge in [-0.1, -0.05) is 232 Å². The molecule has 6 nitrogen and oxygen atoms in total. The summed E-state index contributed by atoms with van der Waals surface area (Å²) in [4.78, 5) is 4.86. The van der Waals surface area contributed by atoms with Crippen LogP contribution >= 0.6 is 0 Å². The highest BCUT2D eigenvalue weighted by molar-refractivity contribution is 5.90. The van der Waals surface area contributed by atoms with E-state index in [1.165, 1.54) is 167 Å². The molecule has 2 fully saturated rings. The molecule has 10 aromatic rings. The molecule has 10 aromatic carbocycles. The number of anilines is 6. The van der Waals surface area contributed by atoms with E-state index in [2.05, 4.69) is 269 Å². The molecule has 2 heterocycles. The van der Waals surface area contributed by atoms with E-state index in [1.54, 1.807) is 11.1 Å². The first kappa shape index (κ1) is 68.8.